The minimum atomic E-state index is -0.479. The van der Waals surface area contributed by atoms with Crippen molar-refractivity contribution in [3.63, 3.8) is 0 Å². The number of hydrogen-bond donors (Lipinski definition) is 3. The number of benzene rings is 2. The highest BCUT2D eigenvalue weighted by molar-refractivity contribution is 5.95. The molecule has 0 spiro atoms. The van der Waals surface area contributed by atoms with Crippen LogP contribution in [0, 0.1) is 10.1 Å². The van der Waals surface area contributed by atoms with Crippen LogP contribution in [0.25, 0.3) is 0 Å². The SMILES string of the molecule is C[C@@H](C(=O)Nc1ccccc1[N+](=O)[O-])[NH+]1CC[NH+](CCOc2ccccc2)CC1. The number of carbonyl (C=O) groups is 1. The zero-order chi connectivity index (χ0) is 20.6. The summed E-state index contributed by atoms with van der Waals surface area (Å²) in [5.74, 6) is 0.696. The summed E-state index contributed by atoms with van der Waals surface area (Å²) in [5.41, 5.74) is 0.159. The lowest BCUT2D eigenvalue weighted by Crippen LogP contribution is -3.30. The van der Waals surface area contributed by atoms with Gasteiger partial charge < -0.3 is 19.9 Å². The average Bonchev–Trinajstić information content (AvgIpc) is 2.74. The van der Waals surface area contributed by atoms with Crippen molar-refractivity contribution in [1.29, 1.82) is 0 Å². The van der Waals surface area contributed by atoms with Crippen LogP contribution in [0.4, 0.5) is 11.4 Å². The van der Waals surface area contributed by atoms with E-state index in [2.05, 4.69) is 5.32 Å². The number of quaternary nitrogens is 2. The monoisotopic (exact) mass is 400 g/mol. The van der Waals surface area contributed by atoms with Crippen LogP contribution in [0.2, 0.25) is 0 Å². The van der Waals surface area contributed by atoms with Gasteiger partial charge in [-0.25, -0.2) is 0 Å². The number of nitrogens with one attached hydrogen (secondary N) is 3. The molecule has 29 heavy (non-hydrogen) atoms. The minimum Gasteiger partial charge on any atom is -0.488 e. The molecule has 1 aliphatic rings. The Morgan fingerprint density at radius 2 is 1.76 bits per heavy atom. The lowest BCUT2D eigenvalue weighted by atomic mass is 10.2. The van der Waals surface area contributed by atoms with Gasteiger partial charge in [-0.1, -0.05) is 30.3 Å². The number of carbonyl (C=O) groups excluding carboxylic acids is 1. The molecule has 8 heteroatoms. The predicted molar refractivity (Wildman–Crippen MR) is 109 cm³/mol. The Balaban J connectivity index is 1.44. The van der Waals surface area contributed by atoms with Crippen LogP contribution >= 0.6 is 0 Å². The van der Waals surface area contributed by atoms with E-state index in [4.69, 9.17) is 4.74 Å². The van der Waals surface area contributed by atoms with Crippen LogP contribution in [0.5, 0.6) is 5.75 Å². The lowest BCUT2D eigenvalue weighted by molar-refractivity contribution is -1.02. The third kappa shape index (κ3) is 5.75. The predicted octanol–water partition coefficient (Wildman–Crippen LogP) is -0.216. The fraction of sp³-hybridized carbons (Fsp3) is 0.381. The van der Waals surface area contributed by atoms with Crippen LogP contribution in [-0.4, -0.2) is 56.2 Å². The summed E-state index contributed by atoms with van der Waals surface area (Å²) in [6, 6.07) is 15.8. The number of anilines is 1. The van der Waals surface area contributed by atoms with Gasteiger partial charge >= 0.3 is 0 Å². The second-order valence-corrected chi connectivity index (χ2v) is 7.30. The quantitative estimate of drug-likeness (QED) is 0.422. The van der Waals surface area contributed by atoms with E-state index in [1.165, 1.54) is 15.9 Å². The molecule has 2 aromatic rings. The molecular formula is C21H28N4O4+2. The first-order chi connectivity index (χ1) is 14.0. The van der Waals surface area contributed by atoms with Gasteiger partial charge in [-0.15, -0.1) is 0 Å². The molecule has 1 amide bonds. The summed E-state index contributed by atoms with van der Waals surface area (Å²) in [4.78, 5) is 25.9. The van der Waals surface area contributed by atoms with Crippen molar-refractivity contribution in [2.24, 2.45) is 0 Å². The first kappa shape index (κ1) is 20.8. The van der Waals surface area contributed by atoms with E-state index >= 15 is 0 Å². The second kappa shape index (κ2) is 9.99. The number of amides is 1. The molecule has 0 bridgehead atoms. The van der Waals surface area contributed by atoms with Crippen molar-refractivity contribution < 1.29 is 24.3 Å². The van der Waals surface area contributed by atoms with Gasteiger partial charge in [0.2, 0.25) is 0 Å². The van der Waals surface area contributed by atoms with Crippen molar-refractivity contribution in [3.05, 3.63) is 64.7 Å². The van der Waals surface area contributed by atoms with Gasteiger partial charge in [0.1, 0.15) is 50.8 Å². The van der Waals surface area contributed by atoms with Crippen LogP contribution in [0.1, 0.15) is 6.92 Å². The maximum atomic E-state index is 12.6. The van der Waals surface area contributed by atoms with Gasteiger partial charge in [0.05, 0.1) is 4.92 Å². The van der Waals surface area contributed by atoms with Crippen molar-refractivity contribution in [1.82, 2.24) is 0 Å². The van der Waals surface area contributed by atoms with Gasteiger partial charge in [0.15, 0.2) is 6.04 Å². The van der Waals surface area contributed by atoms with E-state index in [1.54, 1.807) is 18.2 Å². The fourth-order valence-corrected chi connectivity index (χ4v) is 3.60. The molecule has 154 valence electrons. The highest BCUT2D eigenvalue weighted by Gasteiger charge is 2.31. The number of nitro groups is 1. The largest absolute Gasteiger partial charge is 0.488 e. The van der Waals surface area contributed by atoms with Crippen LogP contribution in [0.15, 0.2) is 54.6 Å². The molecule has 3 rings (SSSR count). The summed E-state index contributed by atoms with van der Waals surface area (Å²) >= 11 is 0. The number of para-hydroxylation sites is 3. The van der Waals surface area contributed by atoms with Gasteiger partial charge in [0, 0.05) is 6.07 Å². The second-order valence-electron chi connectivity index (χ2n) is 7.30. The van der Waals surface area contributed by atoms with E-state index in [1.807, 2.05) is 37.3 Å². The van der Waals surface area contributed by atoms with E-state index in [0.29, 0.717) is 6.61 Å². The first-order valence-electron chi connectivity index (χ1n) is 9.95. The third-order valence-electron chi connectivity index (χ3n) is 5.43. The number of nitrogens with zero attached hydrogens (tertiary/aromatic N) is 1. The number of rotatable bonds is 8. The molecule has 0 saturated carbocycles. The smallest absolute Gasteiger partial charge is 0.292 e. The molecule has 0 unspecified atom stereocenters. The molecule has 1 saturated heterocycles. The molecular weight excluding hydrogens is 372 g/mol. The Hall–Kier alpha value is -2.97. The van der Waals surface area contributed by atoms with Gasteiger partial charge in [-0.05, 0) is 25.1 Å². The van der Waals surface area contributed by atoms with Crippen molar-refractivity contribution in [2.75, 3.05) is 44.6 Å². The van der Waals surface area contributed by atoms with E-state index < -0.39 is 4.92 Å². The molecule has 0 aliphatic carbocycles. The van der Waals surface area contributed by atoms with E-state index in [-0.39, 0.29) is 23.3 Å². The first-order valence-corrected chi connectivity index (χ1v) is 9.95. The maximum Gasteiger partial charge on any atom is 0.292 e. The van der Waals surface area contributed by atoms with E-state index in [0.717, 1.165) is 38.5 Å². The summed E-state index contributed by atoms with van der Waals surface area (Å²) in [7, 11) is 0. The van der Waals surface area contributed by atoms with Crippen molar-refractivity contribution >= 4 is 17.3 Å². The minimum absolute atomic E-state index is 0.0873. The summed E-state index contributed by atoms with van der Waals surface area (Å²) in [5, 5.41) is 13.8. The zero-order valence-electron chi connectivity index (χ0n) is 16.6. The van der Waals surface area contributed by atoms with Crippen LogP contribution in [0.3, 0.4) is 0 Å². The number of hydrogen-bond acceptors (Lipinski definition) is 4. The molecule has 0 aromatic heterocycles. The highest BCUT2D eigenvalue weighted by atomic mass is 16.6. The summed E-state index contributed by atoms with van der Waals surface area (Å²) in [6.07, 6.45) is 0. The molecule has 8 nitrogen and oxygen atoms in total. The third-order valence-corrected chi connectivity index (χ3v) is 5.43. The summed E-state index contributed by atoms with van der Waals surface area (Å²) < 4.78 is 5.77. The number of ether oxygens (including phenoxy) is 1. The molecule has 1 fully saturated rings. The molecule has 2 aromatic carbocycles. The zero-order valence-corrected chi connectivity index (χ0v) is 16.6. The van der Waals surface area contributed by atoms with Crippen molar-refractivity contribution in [2.45, 2.75) is 13.0 Å². The molecule has 3 N–H and O–H groups in total. The molecule has 1 atom stereocenters. The molecule has 1 aliphatic heterocycles. The number of piperazine rings is 1. The Bertz CT molecular complexity index is 822. The standard InChI is InChI=1S/C21H26N4O4/c1-17(21(26)22-19-9-5-6-10-20(19)25(27)28)24-13-11-23(12-14-24)15-16-29-18-7-3-2-4-8-18/h2-10,17H,11-16H2,1H3,(H,22,26)/p+2/t17-/m0/s1. The Morgan fingerprint density at radius 3 is 2.45 bits per heavy atom. The summed E-state index contributed by atoms with van der Waals surface area (Å²) in [6.45, 7) is 7.18. The Morgan fingerprint density at radius 1 is 1.10 bits per heavy atom. The fourth-order valence-electron chi connectivity index (χ4n) is 3.60. The van der Waals surface area contributed by atoms with Gasteiger partial charge in [0.25, 0.3) is 11.6 Å². The number of nitro benzene ring substituents is 1. The van der Waals surface area contributed by atoms with Crippen molar-refractivity contribution in [3.8, 4) is 5.75 Å². The Labute approximate surface area is 170 Å². The van der Waals surface area contributed by atoms with Gasteiger partial charge in [-0.2, -0.15) is 0 Å². The van der Waals surface area contributed by atoms with Crippen LogP contribution < -0.4 is 19.9 Å². The average molecular weight is 400 g/mol. The molecule has 0 radical (unpaired) electrons. The molecule has 1 heterocycles. The highest BCUT2D eigenvalue weighted by Crippen LogP contribution is 2.23. The van der Waals surface area contributed by atoms with Crippen LogP contribution in [-0.2, 0) is 4.79 Å². The van der Waals surface area contributed by atoms with E-state index in [9.17, 15) is 14.9 Å². The topological polar surface area (TPSA) is 90.3 Å². The lowest BCUT2D eigenvalue weighted by Gasteiger charge is -2.32. The Kier molecular flexibility index (Phi) is 7.15. The maximum absolute atomic E-state index is 12.6. The van der Waals surface area contributed by atoms with Gasteiger partial charge in [-0.3, -0.25) is 14.9 Å². The normalized spacial score (nSPS) is 19.9.